The zero-order valence-corrected chi connectivity index (χ0v) is 9.67. The molecule has 0 bridgehead atoms. The predicted molar refractivity (Wildman–Crippen MR) is 64.7 cm³/mol. The van der Waals surface area contributed by atoms with E-state index in [-0.39, 0.29) is 0 Å². The first-order valence-corrected chi connectivity index (χ1v) is 5.00. The molecule has 0 fully saturated rings. The Hall–Kier alpha value is -0.600. The van der Waals surface area contributed by atoms with E-state index in [0.717, 1.165) is 10.7 Å². The number of anilines is 1. The Morgan fingerprint density at radius 3 is 2.46 bits per heavy atom. The lowest BCUT2D eigenvalue weighted by Gasteiger charge is -2.02. The number of hydrogen-bond acceptors (Lipinski definition) is 1. The molecule has 0 aromatic heterocycles. The summed E-state index contributed by atoms with van der Waals surface area (Å²) < 4.78 is 0. The number of halogens is 1. The van der Waals surface area contributed by atoms with Crippen molar-refractivity contribution in [1.29, 1.82) is 0 Å². The number of benzene rings is 1. The van der Waals surface area contributed by atoms with Crippen molar-refractivity contribution in [2.45, 2.75) is 20.8 Å². The summed E-state index contributed by atoms with van der Waals surface area (Å²) in [5, 5.41) is 3.71. The van der Waals surface area contributed by atoms with Crippen molar-refractivity contribution in [2.75, 3.05) is 5.32 Å². The molecule has 0 aliphatic rings. The highest BCUT2D eigenvalue weighted by Gasteiger charge is 1.91. The Kier molecular flexibility index (Phi) is 6.55. The van der Waals surface area contributed by atoms with E-state index in [1.807, 2.05) is 45.0 Å². The fourth-order valence-corrected chi connectivity index (χ4v) is 1.08. The van der Waals surface area contributed by atoms with E-state index >= 15 is 0 Å². The van der Waals surface area contributed by atoms with Crippen molar-refractivity contribution < 1.29 is 0 Å². The Balaban J connectivity index is 0.000000671. The van der Waals surface area contributed by atoms with Crippen molar-refractivity contribution in [3.05, 3.63) is 29.3 Å². The third-order valence-corrected chi connectivity index (χ3v) is 1.48. The van der Waals surface area contributed by atoms with Crippen LogP contribution in [0.2, 0.25) is 5.02 Å². The minimum Gasteiger partial charge on any atom is -0.350 e. The van der Waals surface area contributed by atoms with Crippen molar-refractivity contribution >= 4 is 34.5 Å². The van der Waals surface area contributed by atoms with E-state index in [1.54, 1.807) is 0 Å². The molecule has 1 N–H and O–H groups in total. The van der Waals surface area contributed by atoms with E-state index in [9.17, 15) is 0 Å². The van der Waals surface area contributed by atoms with Crippen LogP contribution in [-0.2, 0) is 0 Å². The number of nitrogens with one attached hydrogen (secondary N) is 1. The molecule has 72 valence electrons. The molecular weight excluding hydrogens is 202 g/mol. The molecule has 0 atom stereocenters. The predicted octanol–water partition coefficient (Wildman–Crippen LogP) is 4.13. The smallest absolute Gasteiger partial charge is 0.0765 e. The highest BCUT2D eigenvalue weighted by molar-refractivity contribution is 7.80. The molecule has 0 aliphatic carbocycles. The maximum absolute atomic E-state index is 5.75. The molecule has 0 saturated carbocycles. The van der Waals surface area contributed by atoms with E-state index in [2.05, 4.69) is 5.32 Å². The first-order valence-electron chi connectivity index (χ1n) is 4.21. The molecule has 0 heterocycles. The average Bonchev–Trinajstić information content (AvgIpc) is 2.06. The largest absolute Gasteiger partial charge is 0.350 e. The van der Waals surface area contributed by atoms with Gasteiger partial charge < -0.3 is 5.32 Å². The van der Waals surface area contributed by atoms with Gasteiger partial charge >= 0.3 is 0 Å². The van der Waals surface area contributed by atoms with Crippen molar-refractivity contribution in [3.8, 4) is 0 Å². The highest BCUT2D eigenvalue weighted by atomic mass is 35.5. The second kappa shape index (κ2) is 6.87. The van der Waals surface area contributed by atoms with Crippen molar-refractivity contribution in [1.82, 2.24) is 0 Å². The van der Waals surface area contributed by atoms with Crippen LogP contribution in [0.4, 0.5) is 5.69 Å². The summed E-state index contributed by atoms with van der Waals surface area (Å²) >= 11 is 10.6. The molecule has 1 nitrogen and oxygen atoms in total. The third kappa shape index (κ3) is 5.61. The lowest BCUT2D eigenvalue weighted by molar-refractivity contribution is 1.50. The van der Waals surface area contributed by atoms with E-state index in [4.69, 9.17) is 23.8 Å². The van der Waals surface area contributed by atoms with Crippen LogP contribution < -0.4 is 5.32 Å². The molecule has 1 aromatic carbocycles. The van der Waals surface area contributed by atoms with Crippen LogP contribution in [0.25, 0.3) is 0 Å². The summed E-state index contributed by atoms with van der Waals surface area (Å²) in [6.45, 7) is 5.83. The van der Waals surface area contributed by atoms with Crippen LogP contribution in [0.3, 0.4) is 0 Å². The third-order valence-electron chi connectivity index (χ3n) is 1.14. The van der Waals surface area contributed by atoms with E-state index in [0.29, 0.717) is 5.02 Å². The summed E-state index contributed by atoms with van der Waals surface area (Å²) in [7, 11) is 0. The van der Waals surface area contributed by atoms with Crippen LogP contribution >= 0.6 is 23.8 Å². The zero-order valence-electron chi connectivity index (χ0n) is 8.10. The maximum Gasteiger partial charge on any atom is 0.0765 e. The number of hydrogen-bond donors (Lipinski definition) is 1. The number of thiocarbonyl (C=S) groups is 1. The van der Waals surface area contributed by atoms with Gasteiger partial charge in [0.25, 0.3) is 0 Å². The Morgan fingerprint density at radius 2 is 2.00 bits per heavy atom. The highest BCUT2D eigenvalue weighted by Crippen LogP contribution is 2.14. The van der Waals surface area contributed by atoms with Gasteiger partial charge in [-0.1, -0.05) is 43.7 Å². The summed E-state index contributed by atoms with van der Waals surface area (Å²) in [5.74, 6) is 0. The normalized spacial score (nSPS) is 8.31. The minimum absolute atomic E-state index is 0.714. The van der Waals surface area contributed by atoms with Crippen molar-refractivity contribution in [3.63, 3.8) is 0 Å². The van der Waals surface area contributed by atoms with Gasteiger partial charge in [-0.2, -0.15) is 0 Å². The summed E-state index contributed by atoms with van der Waals surface area (Å²) in [4.78, 5) is 0.743. The minimum atomic E-state index is 0.714. The van der Waals surface area contributed by atoms with Crippen LogP contribution in [0.15, 0.2) is 24.3 Å². The number of rotatable bonds is 1. The van der Waals surface area contributed by atoms with Gasteiger partial charge in [0.1, 0.15) is 0 Å². The topological polar surface area (TPSA) is 12.0 Å². The van der Waals surface area contributed by atoms with Gasteiger partial charge in [-0.25, -0.2) is 0 Å². The van der Waals surface area contributed by atoms with Crippen molar-refractivity contribution in [2.24, 2.45) is 0 Å². The van der Waals surface area contributed by atoms with Crippen LogP contribution in [-0.4, -0.2) is 4.99 Å². The van der Waals surface area contributed by atoms with Crippen LogP contribution in [0.5, 0.6) is 0 Å². The fourth-order valence-electron chi connectivity index (χ4n) is 0.769. The molecule has 0 aliphatic heterocycles. The molecule has 1 aromatic rings. The second-order valence-corrected chi connectivity index (χ2v) is 3.24. The molecule has 3 heteroatoms. The van der Waals surface area contributed by atoms with E-state index in [1.165, 1.54) is 0 Å². The first kappa shape index (κ1) is 12.4. The fraction of sp³-hybridized carbons (Fsp3) is 0.300. The van der Waals surface area contributed by atoms with E-state index < -0.39 is 0 Å². The standard InChI is InChI=1S/C8H8ClNS.C2H6/c1-6(11)10-8-4-2-3-7(9)5-8;1-2/h2-5H,1H3,(H,10,11);1-2H3. The Labute approximate surface area is 90.1 Å². The van der Waals surface area contributed by atoms with Gasteiger partial charge in [0.2, 0.25) is 0 Å². The first-order chi connectivity index (χ1) is 6.18. The molecule has 0 amide bonds. The lowest BCUT2D eigenvalue weighted by Crippen LogP contribution is -2.02. The molecule has 0 spiro atoms. The van der Waals surface area contributed by atoms with Crippen LogP contribution in [0.1, 0.15) is 20.8 Å². The quantitative estimate of drug-likeness (QED) is 0.708. The summed E-state index contributed by atoms with van der Waals surface area (Å²) in [5.41, 5.74) is 0.935. The van der Waals surface area contributed by atoms with Crippen LogP contribution in [0, 0.1) is 0 Å². The Bertz CT molecular complexity index is 273. The SMILES string of the molecule is CC.CC(=S)Nc1cccc(Cl)c1. The average molecular weight is 216 g/mol. The second-order valence-electron chi connectivity index (χ2n) is 2.19. The maximum atomic E-state index is 5.75. The molecule has 0 saturated heterocycles. The molecule has 13 heavy (non-hydrogen) atoms. The van der Waals surface area contributed by atoms with Gasteiger partial charge in [0, 0.05) is 10.7 Å². The summed E-state index contributed by atoms with van der Waals surface area (Å²) in [6, 6.07) is 7.45. The lowest BCUT2D eigenvalue weighted by atomic mass is 10.3. The molecule has 1 rings (SSSR count). The monoisotopic (exact) mass is 215 g/mol. The molecular formula is C10H14ClNS. The van der Waals surface area contributed by atoms with Gasteiger partial charge in [-0.05, 0) is 25.1 Å². The van der Waals surface area contributed by atoms with Gasteiger partial charge in [-0.3, -0.25) is 0 Å². The van der Waals surface area contributed by atoms with Gasteiger partial charge in [-0.15, -0.1) is 0 Å². The molecule has 0 unspecified atom stereocenters. The Morgan fingerprint density at radius 1 is 1.38 bits per heavy atom. The zero-order chi connectivity index (χ0) is 10.3. The van der Waals surface area contributed by atoms with Gasteiger partial charge in [0.05, 0.1) is 4.99 Å². The molecule has 0 radical (unpaired) electrons. The summed E-state index contributed by atoms with van der Waals surface area (Å²) in [6.07, 6.45) is 0. The van der Waals surface area contributed by atoms with Gasteiger partial charge in [0.15, 0.2) is 0 Å².